The first kappa shape index (κ1) is 29.3. The van der Waals surface area contributed by atoms with Gasteiger partial charge in [-0.3, -0.25) is 24.1 Å². The van der Waals surface area contributed by atoms with Gasteiger partial charge in [-0.1, -0.05) is 42.5 Å². The molecule has 5 aromatic rings. The summed E-state index contributed by atoms with van der Waals surface area (Å²) in [5.74, 6) is -3.03. The second kappa shape index (κ2) is 12.1. The number of amides is 3. The van der Waals surface area contributed by atoms with Crippen LogP contribution in [0.4, 0.5) is 21.5 Å². The van der Waals surface area contributed by atoms with E-state index >= 15 is 0 Å². The Bertz CT molecular complexity index is 1920. The van der Waals surface area contributed by atoms with Crippen LogP contribution in [0.5, 0.6) is 0 Å². The summed E-state index contributed by atoms with van der Waals surface area (Å²) in [5.41, 5.74) is 3.89. The molecule has 1 aliphatic heterocycles. The lowest BCUT2D eigenvalue weighted by Crippen LogP contribution is -2.46. The number of halogens is 1. The van der Waals surface area contributed by atoms with Crippen molar-refractivity contribution in [3.8, 4) is 0 Å². The summed E-state index contributed by atoms with van der Waals surface area (Å²) < 4.78 is 13.9. The number of benzene rings is 4. The molecule has 0 saturated carbocycles. The number of rotatable bonds is 9. The van der Waals surface area contributed by atoms with E-state index in [1.165, 1.54) is 17.0 Å². The summed E-state index contributed by atoms with van der Waals surface area (Å²) in [6, 6.07) is 25.7. The number of carbonyl (C=O) groups is 4. The highest BCUT2D eigenvalue weighted by molar-refractivity contribution is 6.52. The Labute approximate surface area is 258 Å². The van der Waals surface area contributed by atoms with Crippen LogP contribution in [0.15, 0.2) is 103 Å². The van der Waals surface area contributed by atoms with Crippen LogP contribution in [0, 0.1) is 5.82 Å². The Kier molecular flexibility index (Phi) is 7.87. The molecule has 10 heteroatoms. The van der Waals surface area contributed by atoms with E-state index in [0.717, 1.165) is 21.5 Å². The van der Waals surface area contributed by atoms with E-state index in [4.69, 9.17) is 0 Å². The van der Waals surface area contributed by atoms with Crippen molar-refractivity contribution in [1.82, 2.24) is 9.88 Å². The first-order valence-corrected chi connectivity index (χ1v) is 14.3. The first-order chi connectivity index (χ1) is 21.7. The van der Waals surface area contributed by atoms with Gasteiger partial charge >= 0.3 is 0 Å². The molecule has 0 saturated heterocycles. The van der Waals surface area contributed by atoms with Crippen molar-refractivity contribution >= 4 is 51.5 Å². The van der Waals surface area contributed by atoms with Gasteiger partial charge in [-0.2, -0.15) is 0 Å². The number of fused-ring (bicyclic) bond motifs is 2. The van der Waals surface area contributed by atoms with Crippen molar-refractivity contribution in [1.29, 1.82) is 0 Å². The van der Waals surface area contributed by atoms with Crippen molar-refractivity contribution in [2.75, 3.05) is 35.8 Å². The number of H-pyrrole nitrogens is 1. The number of aromatic nitrogens is 1. The predicted octanol–water partition coefficient (Wildman–Crippen LogP) is 5.31. The highest BCUT2D eigenvalue weighted by atomic mass is 19.1. The fourth-order valence-electron chi connectivity index (χ4n) is 5.57. The molecule has 9 nitrogen and oxygen atoms in total. The fraction of sp³-hybridized carbons (Fsp3) is 0.143. The van der Waals surface area contributed by atoms with Gasteiger partial charge in [0.05, 0.1) is 11.3 Å². The van der Waals surface area contributed by atoms with Gasteiger partial charge in [0, 0.05) is 54.7 Å². The molecule has 0 bridgehead atoms. The Balaban J connectivity index is 1.42. The van der Waals surface area contributed by atoms with Gasteiger partial charge in [0.25, 0.3) is 17.6 Å². The van der Waals surface area contributed by atoms with Crippen molar-refractivity contribution in [3.05, 3.63) is 126 Å². The summed E-state index contributed by atoms with van der Waals surface area (Å²) in [7, 11) is 3.83. The van der Waals surface area contributed by atoms with Crippen molar-refractivity contribution in [2.24, 2.45) is 0 Å². The fourth-order valence-corrected chi connectivity index (χ4v) is 5.57. The normalized spacial score (nSPS) is 13.1. The minimum Gasteiger partial charge on any atom is -0.378 e. The van der Waals surface area contributed by atoms with E-state index in [2.05, 4.69) is 10.3 Å². The molecule has 2 heterocycles. The summed E-state index contributed by atoms with van der Waals surface area (Å²) in [6.45, 7) is -0.555. The number of anilines is 3. The smallest absolute Gasteiger partial charge is 0.299 e. The Hall–Kier alpha value is -5.77. The van der Waals surface area contributed by atoms with Crippen molar-refractivity contribution < 1.29 is 23.6 Å². The van der Waals surface area contributed by atoms with E-state index in [1.807, 2.05) is 55.4 Å². The quantitative estimate of drug-likeness (QED) is 0.222. The molecule has 1 aromatic heterocycles. The number of hydrogen-bond donors (Lipinski definition) is 2. The molecule has 1 unspecified atom stereocenters. The predicted molar refractivity (Wildman–Crippen MR) is 171 cm³/mol. The van der Waals surface area contributed by atoms with Crippen LogP contribution in [0.1, 0.15) is 27.5 Å². The SMILES string of the molecule is CN(C)c1ccc(NC(=O)C(c2c[nH]c3ccccc23)N(Cc2ccc(F)cc2)C(=O)CN2C(=O)C(=O)c3ccccc32)cc1. The molecule has 0 fully saturated rings. The zero-order valence-electron chi connectivity index (χ0n) is 24.7. The molecule has 45 heavy (non-hydrogen) atoms. The molecular formula is C35H30FN5O4. The monoisotopic (exact) mass is 603 g/mol. The standard InChI is InChI=1S/C35H30FN5O4/c1-39(2)25-17-15-24(16-18-25)38-34(44)32(28-19-37-29-9-5-3-7-26(28)29)41(20-22-11-13-23(36)14-12-22)31(42)21-40-30-10-6-4-8-27(30)33(43)35(40)45/h3-19,32,37H,20-21H2,1-2H3,(H,38,44). The van der Waals surface area contributed by atoms with Gasteiger partial charge in [-0.05, 0) is 60.2 Å². The molecule has 6 rings (SSSR count). The molecule has 3 amide bonds. The third kappa shape index (κ3) is 5.77. The Morgan fingerprint density at radius 1 is 0.889 bits per heavy atom. The van der Waals surface area contributed by atoms with Gasteiger partial charge in [-0.25, -0.2) is 4.39 Å². The van der Waals surface area contributed by atoms with Crippen LogP contribution in [-0.2, 0) is 20.9 Å². The maximum absolute atomic E-state index is 14.3. The minimum absolute atomic E-state index is 0.0755. The molecule has 0 aliphatic carbocycles. The number of nitrogens with one attached hydrogen (secondary N) is 2. The minimum atomic E-state index is -1.17. The van der Waals surface area contributed by atoms with Crippen LogP contribution in [-0.4, -0.2) is 54.0 Å². The third-order valence-corrected chi connectivity index (χ3v) is 7.89. The summed E-state index contributed by atoms with van der Waals surface area (Å²) in [4.78, 5) is 62.0. The van der Waals surface area contributed by atoms with Gasteiger partial charge in [0.2, 0.25) is 5.91 Å². The molecule has 1 atom stereocenters. The lowest BCUT2D eigenvalue weighted by molar-refractivity contribution is -0.139. The number of aromatic amines is 1. The van der Waals surface area contributed by atoms with Crippen molar-refractivity contribution in [2.45, 2.75) is 12.6 Å². The maximum atomic E-state index is 14.3. The number of para-hydroxylation sites is 2. The molecule has 0 radical (unpaired) electrons. The van der Waals surface area contributed by atoms with E-state index < -0.39 is 41.9 Å². The van der Waals surface area contributed by atoms with E-state index in [0.29, 0.717) is 22.5 Å². The number of carbonyl (C=O) groups excluding carboxylic acids is 4. The van der Waals surface area contributed by atoms with Crippen LogP contribution in [0.25, 0.3) is 10.9 Å². The van der Waals surface area contributed by atoms with Gasteiger partial charge < -0.3 is 20.1 Å². The maximum Gasteiger partial charge on any atom is 0.299 e. The van der Waals surface area contributed by atoms with E-state index in [-0.39, 0.29) is 12.1 Å². The molecule has 1 aliphatic rings. The third-order valence-electron chi connectivity index (χ3n) is 7.89. The number of hydrogen-bond acceptors (Lipinski definition) is 5. The summed E-state index contributed by atoms with van der Waals surface area (Å²) in [5, 5.41) is 3.69. The zero-order valence-corrected chi connectivity index (χ0v) is 24.7. The van der Waals surface area contributed by atoms with Crippen LogP contribution in [0.2, 0.25) is 0 Å². The summed E-state index contributed by atoms with van der Waals surface area (Å²) in [6.07, 6.45) is 1.69. The largest absolute Gasteiger partial charge is 0.378 e. The molecule has 226 valence electrons. The van der Waals surface area contributed by atoms with Gasteiger partial charge in [0.1, 0.15) is 18.4 Å². The topological polar surface area (TPSA) is 106 Å². The Morgan fingerprint density at radius 3 is 2.31 bits per heavy atom. The average Bonchev–Trinajstić information content (AvgIpc) is 3.57. The molecule has 0 spiro atoms. The lowest BCUT2D eigenvalue weighted by atomic mass is 10.0. The second-order valence-corrected chi connectivity index (χ2v) is 11.0. The average molecular weight is 604 g/mol. The van der Waals surface area contributed by atoms with E-state index in [1.54, 1.807) is 54.7 Å². The van der Waals surface area contributed by atoms with Gasteiger partial charge in [-0.15, -0.1) is 0 Å². The van der Waals surface area contributed by atoms with Crippen molar-refractivity contribution in [3.63, 3.8) is 0 Å². The molecule has 2 N–H and O–H groups in total. The van der Waals surface area contributed by atoms with Gasteiger partial charge in [0.15, 0.2) is 0 Å². The lowest BCUT2D eigenvalue weighted by Gasteiger charge is -2.32. The number of Topliss-reactive ketones (excluding diaryl/α,β-unsaturated/α-hetero) is 1. The summed E-state index contributed by atoms with van der Waals surface area (Å²) >= 11 is 0. The molecule has 4 aromatic carbocycles. The number of ketones is 1. The zero-order chi connectivity index (χ0) is 31.7. The Morgan fingerprint density at radius 2 is 1.58 bits per heavy atom. The van der Waals surface area contributed by atoms with E-state index in [9.17, 15) is 23.6 Å². The molecular weight excluding hydrogens is 573 g/mol. The second-order valence-electron chi connectivity index (χ2n) is 11.0. The highest BCUT2D eigenvalue weighted by Gasteiger charge is 2.40. The first-order valence-electron chi connectivity index (χ1n) is 14.3. The van der Waals surface area contributed by atoms with Crippen LogP contribution in [0.3, 0.4) is 0 Å². The van der Waals surface area contributed by atoms with Crippen LogP contribution >= 0.6 is 0 Å². The number of nitrogens with zero attached hydrogens (tertiary/aromatic N) is 3. The highest BCUT2D eigenvalue weighted by Crippen LogP contribution is 2.33. The van der Waals surface area contributed by atoms with Crippen LogP contribution < -0.4 is 15.1 Å².